The second-order valence-electron chi connectivity index (χ2n) is 3.86. The summed E-state index contributed by atoms with van der Waals surface area (Å²) >= 11 is 0. The van der Waals surface area contributed by atoms with Gasteiger partial charge in [0.15, 0.2) is 5.60 Å². The predicted molar refractivity (Wildman–Crippen MR) is 47.2 cm³/mol. The Morgan fingerprint density at radius 3 is 2.31 bits per heavy atom. The van der Waals surface area contributed by atoms with E-state index in [1.54, 1.807) is 0 Å². The average Bonchev–Trinajstić information content (AvgIpc) is 2.29. The van der Waals surface area contributed by atoms with Crippen LogP contribution in [0.3, 0.4) is 0 Å². The lowest BCUT2D eigenvalue weighted by Gasteiger charge is -2.26. The highest BCUT2D eigenvalue weighted by atomic mass is 16.6. The third-order valence-electron chi connectivity index (χ3n) is 2.93. The molecule has 1 heterocycles. The van der Waals surface area contributed by atoms with E-state index < -0.39 is 5.60 Å². The molecular formula is C10H14O3. The maximum Gasteiger partial charge on any atom is 0.335 e. The largest absolute Gasteiger partial charge is 0.508 e. The molecule has 0 unspecified atom stereocenters. The van der Waals surface area contributed by atoms with Crippen LogP contribution in [0.25, 0.3) is 0 Å². The van der Waals surface area contributed by atoms with Gasteiger partial charge in [0.2, 0.25) is 0 Å². The van der Waals surface area contributed by atoms with Crippen molar-refractivity contribution >= 4 is 5.97 Å². The van der Waals surface area contributed by atoms with E-state index in [-0.39, 0.29) is 11.7 Å². The minimum Gasteiger partial charge on any atom is -0.508 e. The fourth-order valence-electron chi connectivity index (χ4n) is 2.18. The molecule has 0 amide bonds. The molecule has 0 bridgehead atoms. The van der Waals surface area contributed by atoms with Gasteiger partial charge in [0.1, 0.15) is 5.76 Å². The number of rotatable bonds is 0. The Morgan fingerprint density at radius 2 is 1.85 bits per heavy atom. The van der Waals surface area contributed by atoms with E-state index in [1.807, 2.05) is 0 Å². The number of esters is 1. The van der Waals surface area contributed by atoms with Crippen molar-refractivity contribution in [3.63, 3.8) is 0 Å². The molecule has 0 saturated heterocycles. The molecule has 1 aliphatic carbocycles. The van der Waals surface area contributed by atoms with Gasteiger partial charge in [-0.25, -0.2) is 4.79 Å². The van der Waals surface area contributed by atoms with Crippen molar-refractivity contribution in [1.82, 2.24) is 0 Å². The summed E-state index contributed by atoms with van der Waals surface area (Å²) in [5.74, 6) is -0.251. The topological polar surface area (TPSA) is 46.5 Å². The van der Waals surface area contributed by atoms with E-state index in [1.165, 1.54) is 18.9 Å². The van der Waals surface area contributed by atoms with Gasteiger partial charge < -0.3 is 9.84 Å². The zero-order valence-electron chi connectivity index (χ0n) is 7.58. The van der Waals surface area contributed by atoms with Crippen LogP contribution in [0.15, 0.2) is 11.8 Å². The molecule has 1 saturated carbocycles. The van der Waals surface area contributed by atoms with Crippen LogP contribution in [-0.4, -0.2) is 16.7 Å². The molecule has 3 nitrogen and oxygen atoms in total. The molecular weight excluding hydrogens is 168 g/mol. The number of carbonyl (C=O) groups is 1. The zero-order valence-corrected chi connectivity index (χ0v) is 7.58. The molecule has 0 radical (unpaired) electrons. The van der Waals surface area contributed by atoms with Crippen LogP contribution in [0.1, 0.15) is 38.5 Å². The number of hydrogen-bond donors (Lipinski definition) is 1. The highest BCUT2D eigenvalue weighted by Crippen LogP contribution is 2.38. The first-order valence-corrected chi connectivity index (χ1v) is 4.87. The van der Waals surface area contributed by atoms with Crippen molar-refractivity contribution in [2.75, 3.05) is 0 Å². The standard InChI is InChI=1S/C10H14O3/c11-8-7-9(12)13-10(8)5-3-1-2-4-6-10/h7,11H,1-6H2. The molecule has 72 valence electrons. The summed E-state index contributed by atoms with van der Waals surface area (Å²) < 4.78 is 5.20. The van der Waals surface area contributed by atoms with Crippen LogP contribution >= 0.6 is 0 Å². The number of carbonyl (C=O) groups excluding carboxylic acids is 1. The van der Waals surface area contributed by atoms with Crippen LogP contribution in [0.5, 0.6) is 0 Å². The molecule has 1 spiro atoms. The minimum atomic E-state index is -0.645. The quantitative estimate of drug-likeness (QED) is 0.583. The Hall–Kier alpha value is -0.990. The number of aliphatic hydroxyl groups is 1. The SMILES string of the molecule is O=C1C=C(O)C2(CCCCCC2)O1. The van der Waals surface area contributed by atoms with Gasteiger partial charge in [-0.15, -0.1) is 0 Å². The van der Waals surface area contributed by atoms with Gasteiger partial charge in [0, 0.05) is 0 Å². The van der Waals surface area contributed by atoms with E-state index in [2.05, 4.69) is 0 Å². The first-order valence-electron chi connectivity index (χ1n) is 4.87. The fraction of sp³-hybridized carbons (Fsp3) is 0.700. The van der Waals surface area contributed by atoms with Gasteiger partial charge in [0.25, 0.3) is 0 Å². The van der Waals surface area contributed by atoms with Crippen LogP contribution < -0.4 is 0 Å². The molecule has 1 N–H and O–H groups in total. The fourth-order valence-corrected chi connectivity index (χ4v) is 2.18. The lowest BCUT2D eigenvalue weighted by atomic mass is 9.93. The smallest absolute Gasteiger partial charge is 0.335 e. The average molecular weight is 182 g/mol. The number of aliphatic hydroxyl groups excluding tert-OH is 1. The first-order chi connectivity index (χ1) is 6.23. The van der Waals surface area contributed by atoms with E-state index in [0.29, 0.717) is 0 Å². The molecule has 0 atom stereocenters. The van der Waals surface area contributed by atoms with Gasteiger partial charge >= 0.3 is 5.97 Å². The molecule has 2 aliphatic rings. The molecule has 13 heavy (non-hydrogen) atoms. The highest BCUT2D eigenvalue weighted by Gasteiger charge is 2.43. The molecule has 1 fully saturated rings. The second-order valence-corrected chi connectivity index (χ2v) is 3.86. The van der Waals surface area contributed by atoms with Crippen molar-refractivity contribution in [3.8, 4) is 0 Å². The summed E-state index contributed by atoms with van der Waals surface area (Å²) in [6.45, 7) is 0. The third-order valence-corrected chi connectivity index (χ3v) is 2.93. The molecule has 0 aromatic heterocycles. The van der Waals surface area contributed by atoms with Crippen molar-refractivity contribution < 1.29 is 14.6 Å². The van der Waals surface area contributed by atoms with E-state index >= 15 is 0 Å². The summed E-state index contributed by atoms with van der Waals surface area (Å²) in [4.78, 5) is 11.0. The van der Waals surface area contributed by atoms with Gasteiger partial charge in [0.05, 0.1) is 6.08 Å². The minimum absolute atomic E-state index is 0.138. The maximum absolute atomic E-state index is 11.0. The molecule has 0 aromatic rings. The van der Waals surface area contributed by atoms with Crippen molar-refractivity contribution in [3.05, 3.63) is 11.8 Å². The summed E-state index contributed by atoms with van der Waals surface area (Å²) in [6.07, 6.45) is 7.18. The Bertz CT molecular complexity index is 247. The Labute approximate surface area is 77.4 Å². The van der Waals surface area contributed by atoms with Gasteiger partial charge in [-0.05, 0) is 25.7 Å². The van der Waals surface area contributed by atoms with Gasteiger partial charge in [-0.2, -0.15) is 0 Å². The molecule has 1 aliphatic heterocycles. The van der Waals surface area contributed by atoms with Crippen molar-refractivity contribution in [1.29, 1.82) is 0 Å². The molecule has 3 heteroatoms. The molecule has 0 aromatic carbocycles. The monoisotopic (exact) mass is 182 g/mol. The van der Waals surface area contributed by atoms with Crippen molar-refractivity contribution in [2.24, 2.45) is 0 Å². The maximum atomic E-state index is 11.0. The first kappa shape index (κ1) is 8.60. The van der Waals surface area contributed by atoms with Crippen molar-refractivity contribution in [2.45, 2.75) is 44.1 Å². The van der Waals surface area contributed by atoms with Crippen LogP contribution in [-0.2, 0) is 9.53 Å². The predicted octanol–water partition coefficient (Wildman–Crippen LogP) is 2.08. The molecule has 2 rings (SSSR count). The lowest BCUT2D eigenvalue weighted by Crippen LogP contribution is -2.31. The van der Waals surface area contributed by atoms with E-state index in [4.69, 9.17) is 4.74 Å². The number of hydrogen-bond acceptors (Lipinski definition) is 3. The summed E-state index contributed by atoms with van der Waals surface area (Å²) in [6, 6.07) is 0. The summed E-state index contributed by atoms with van der Waals surface area (Å²) in [5.41, 5.74) is -0.645. The number of ether oxygens (including phenoxy) is 1. The summed E-state index contributed by atoms with van der Waals surface area (Å²) in [5, 5.41) is 9.62. The Kier molecular flexibility index (Phi) is 2.02. The zero-order chi connectivity index (χ0) is 9.31. The highest BCUT2D eigenvalue weighted by molar-refractivity contribution is 5.86. The van der Waals surface area contributed by atoms with Gasteiger partial charge in [-0.1, -0.05) is 12.8 Å². The van der Waals surface area contributed by atoms with E-state index in [0.717, 1.165) is 25.7 Å². The van der Waals surface area contributed by atoms with Crippen LogP contribution in [0.4, 0.5) is 0 Å². The van der Waals surface area contributed by atoms with Gasteiger partial charge in [-0.3, -0.25) is 0 Å². The second kappa shape index (κ2) is 3.05. The Balaban J connectivity index is 2.19. The van der Waals surface area contributed by atoms with Crippen LogP contribution in [0, 0.1) is 0 Å². The van der Waals surface area contributed by atoms with E-state index in [9.17, 15) is 9.90 Å². The normalized spacial score (nSPS) is 26.8. The third kappa shape index (κ3) is 1.43. The van der Waals surface area contributed by atoms with Crippen LogP contribution in [0.2, 0.25) is 0 Å². The Morgan fingerprint density at radius 1 is 1.23 bits per heavy atom. The summed E-state index contributed by atoms with van der Waals surface area (Å²) in [7, 11) is 0. The lowest BCUT2D eigenvalue weighted by molar-refractivity contribution is -0.148.